The molecule has 1 heterocycles. The third kappa shape index (κ3) is 3.81. The van der Waals surface area contributed by atoms with E-state index in [1.165, 1.54) is 0 Å². The van der Waals surface area contributed by atoms with Crippen molar-refractivity contribution in [3.8, 4) is 5.88 Å². The maximum Gasteiger partial charge on any atom is 0.237 e. The molecule has 15 heavy (non-hydrogen) atoms. The van der Waals surface area contributed by atoms with Crippen LogP contribution in [0.3, 0.4) is 0 Å². The van der Waals surface area contributed by atoms with Gasteiger partial charge in [0, 0.05) is 25.5 Å². The molecule has 0 aliphatic heterocycles. The van der Waals surface area contributed by atoms with Crippen LogP contribution in [0.2, 0.25) is 0 Å². The molecule has 0 radical (unpaired) electrons. The lowest BCUT2D eigenvalue weighted by Crippen LogP contribution is -2.21. The van der Waals surface area contributed by atoms with Crippen LogP contribution in [0.15, 0.2) is 12.4 Å². The molecule has 0 aliphatic carbocycles. The molecule has 0 saturated heterocycles. The van der Waals surface area contributed by atoms with Gasteiger partial charge in [-0.25, -0.2) is 4.98 Å². The first-order valence-electron chi connectivity index (χ1n) is 5.02. The van der Waals surface area contributed by atoms with E-state index in [9.17, 15) is 0 Å². The van der Waals surface area contributed by atoms with Crippen LogP contribution in [0.4, 0.5) is 0 Å². The Kier molecular flexibility index (Phi) is 5.00. The van der Waals surface area contributed by atoms with E-state index in [-0.39, 0.29) is 6.10 Å². The molecule has 0 saturated carbocycles. The summed E-state index contributed by atoms with van der Waals surface area (Å²) in [6.45, 7) is 5.41. The number of aromatic nitrogens is 2. The number of hydrogen-bond donors (Lipinski definition) is 1. The van der Waals surface area contributed by atoms with E-state index in [0.29, 0.717) is 31.3 Å². The summed E-state index contributed by atoms with van der Waals surface area (Å²) >= 11 is 0. The standard InChI is InChI=1S/C10H17N3O2/c1-3-14-7-8(2)15-10-9(6-11)12-4-5-13-10/h4-5,8H,3,6-7,11H2,1-2H3. The summed E-state index contributed by atoms with van der Waals surface area (Å²) in [4.78, 5) is 8.15. The first-order valence-corrected chi connectivity index (χ1v) is 5.02. The molecule has 1 aromatic rings. The summed E-state index contributed by atoms with van der Waals surface area (Å²) < 4.78 is 10.8. The zero-order valence-electron chi connectivity index (χ0n) is 9.14. The van der Waals surface area contributed by atoms with E-state index in [0.717, 1.165) is 0 Å². The summed E-state index contributed by atoms with van der Waals surface area (Å²) in [6, 6.07) is 0. The van der Waals surface area contributed by atoms with E-state index in [1.807, 2.05) is 13.8 Å². The fourth-order valence-electron chi connectivity index (χ4n) is 1.10. The molecule has 1 aromatic heterocycles. The van der Waals surface area contributed by atoms with E-state index in [2.05, 4.69) is 9.97 Å². The van der Waals surface area contributed by atoms with Gasteiger partial charge in [-0.05, 0) is 13.8 Å². The topological polar surface area (TPSA) is 70.3 Å². The zero-order chi connectivity index (χ0) is 11.1. The fourth-order valence-corrected chi connectivity index (χ4v) is 1.10. The molecule has 0 spiro atoms. The van der Waals surface area contributed by atoms with E-state index < -0.39 is 0 Å². The predicted molar refractivity (Wildman–Crippen MR) is 56.5 cm³/mol. The van der Waals surface area contributed by atoms with Gasteiger partial charge in [0.15, 0.2) is 0 Å². The lowest BCUT2D eigenvalue weighted by Gasteiger charge is -2.14. The molecule has 1 rings (SSSR count). The highest BCUT2D eigenvalue weighted by Gasteiger charge is 2.09. The predicted octanol–water partition coefficient (Wildman–Crippen LogP) is 0.739. The van der Waals surface area contributed by atoms with E-state index in [4.69, 9.17) is 15.2 Å². The number of hydrogen-bond acceptors (Lipinski definition) is 5. The average molecular weight is 211 g/mol. The summed E-state index contributed by atoms with van der Waals surface area (Å²) in [6.07, 6.45) is 3.14. The molecule has 1 atom stereocenters. The Hall–Kier alpha value is -1.20. The number of rotatable bonds is 6. The minimum absolute atomic E-state index is 0.0491. The highest BCUT2D eigenvalue weighted by molar-refractivity contribution is 5.16. The maximum atomic E-state index is 5.56. The average Bonchev–Trinajstić information content (AvgIpc) is 2.27. The van der Waals surface area contributed by atoms with Crippen LogP contribution in [-0.4, -0.2) is 29.3 Å². The second kappa shape index (κ2) is 6.31. The molecular weight excluding hydrogens is 194 g/mol. The fraction of sp³-hybridized carbons (Fsp3) is 0.600. The largest absolute Gasteiger partial charge is 0.471 e. The summed E-state index contributed by atoms with van der Waals surface area (Å²) in [5.74, 6) is 0.493. The second-order valence-electron chi connectivity index (χ2n) is 3.10. The summed E-state index contributed by atoms with van der Waals surface area (Å²) in [5, 5.41) is 0. The quantitative estimate of drug-likeness (QED) is 0.751. The third-order valence-corrected chi connectivity index (χ3v) is 1.80. The van der Waals surface area contributed by atoms with Crippen molar-refractivity contribution in [1.29, 1.82) is 0 Å². The lowest BCUT2D eigenvalue weighted by atomic mass is 10.4. The van der Waals surface area contributed by atoms with E-state index in [1.54, 1.807) is 12.4 Å². The lowest BCUT2D eigenvalue weighted by molar-refractivity contribution is 0.0625. The SMILES string of the molecule is CCOCC(C)Oc1nccnc1CN. The van der Waals surface area contributed by atoms with Crippen molar-refractivity contribution in [2.75, 3.05) is 13.2 Å². The van der Waals surface area contributed by atoms with Gasteiger partial charge >= 0.3 is 0 Å². The molecule has 5 nitrogen and oxygen atoms in total. The van der Waals surface area contributed by atoms with Gasteiger partial charge in [0.2, 0.25) is 5.88 Å². The normalized spacial score (nSPS) is 12.5. The molecule has 1 unspecified atom stereocenters. The second-order valence-corrected chi connectivity index (χ2v) is 3.10. The maximum absolute atomic E-state index is 5.56. The van der Waals surface area contributed by atoms with E-state index >= 15 is 0 Å². The van der Waals surface area contributed by atoms with Crippen LogP contribution < -0.4 is 10.5 Å². The van der Waals surface area contributed by atoms with Crippen molar-refractivity contribution in [3.63, 3.8) is 0 Å². The van der Waals surface area contributed by atoms with Gasteiger partial charge in [-0.15, -0.1) is 0 Å². The van der Waals surface area contributed by atoms with Gasteiger partial charge in [-0.3, -0.25) is 4.98 Å². The van der Waals surface area contributed by atoms with Crippen LogP contribution in [-0.2, 0) is 11.3 Å². The highest BCUT2D eigenvalue weighted by atomic mass is 16.5. The Labute approximate surface area is 89.6 Å². The van der Waals surface area contributed by atoms with Crippen molar-refractivity contribution in [2.24, 2.45) is 5.73 Å². The van der Waals surface area contributed by atoms with Gasteiger partial charge in [0.1, 0.15) is 11.8 Å². The summed E-state index contributed by atoms with van der Waals surface area (Å²) in [5.41, 5.74) is 6.18. The minimum atomic E-state index is -0.0491. The zero-order valence-corrected chi connectivity index (χ0v) is 9.14. The first-order chi connectivity index (χ1) is 7.27. The smallest absolute Gasteiger partial charge is 0.237 e. The molecule has 0 aromatic carbocycles. The summed E-state index contributed by atoms with van der Waals surface area (Å²) in [7, 11) is 0. The Morgan fingerprint density at radius 2 is 2.13 bits per heavy atom. The Morgan fingerprint density at radius 3 is 2.80 bits per heavy atom. The molecule has 5 heteroatoms. The van der Waals surface area contributed by atoms with Crippen molar-refractivity contribution < 1.29 is 9.47 Å². The van der Waals surface area contributed by atoms with Crippen molar-refractivity contribution in [2.45, 2.75) is 26.5 Å². The van der Waals surface area contributed by atoms with Gasteiger partial charge in [0.05, 0.1) is 6.61 Å². The first kappa shape index (κ1) is 11.9. The molecule has 0 amide bonds. The molecular formula is C10H17N3O2. The van der Waals surface area contributed by atoms with Crippen molar-refractivity contribution >= 4 is 0 Å². The minimum Gasteiger partial charge on any atom is -0.471 e. The number of nitrogens with two attached hydrogens (primary N) is 1. The van der Waals surface area contributed by atoms with Crippen molar-refractivity contribution in [1.82, 2.24) is 9.97 Å². The molecule has 84 valence electrons. The van der Waals surface area contributed by atoms with Crippen LogP contribution in [0.25, 0.3) is 0 Å². The highest BCUT2D eigenvalue weighted by Crippen LogP contribution is 2.12. The molecule has 0 fully saturated rings. The molecule has 0 bridgehead atoms. The Balaban J connectivity index is 2.55. The third-order valence-electron chi connectivity index (χ3n) is 1.80. The Bertz CT molecular complexity index is 294. The molecule has 2 N–H and O–H groups in total. The van der Waals surface area contributed by atoms with Crippen LogP contribution in [0.1, 0.15) is 19.5 Å². The van der Waals surface area contributed by atoms with Crippen LogP contribution in [0.5, 0.6) is 5.88 Å². The van der Waals surface area contributed by atoms with Gasteiger partial charge in [0.25, 0.3) is 0 Å². The number of nitrogens with zero attached hydrogens (tertiary/aromatic N) is 2. The van der Waals surface area contributed by atoms with Gasteiger partial charge < -0.3 is 15.2 Å². The Morgan fingerprint density at radius 1 is 1.40 bits per heavy atom. The van der Waals surface area contributed by atoms with Crippen LogP contribution in [0, 0.1) is 0 Å². The van der Waals surface area contributed by atoms with Crippen molar-refractivity contribution in [3.05, 3.63) is 18.1 Å². The van der Waals surface area contributed by atoms with Gasteiger partial charge in [-0.1, -0.05) is 0 Å². The molecule has 0 aliphatic rings. The van der Waals surface area contributed by atoms with Gasteiger partial charge in [-0.2, -0.15) is 0 Å². The van der Waals surface area contributed by atoms with Crippen LogP contribution >= 0.6 is 0 Å². The monoisotopic (exact) mass is 211 g/mol. The number of ether oxygens (including phenoxy) is 2.